The van der Waals surface area contributed by atoms with E-state index in [1.807, 2.05) is 30.3 Å². The lowest BCUT2D eigenvalue weighted by molar-refractivity contribution is 0.373. The Bertz CT molecular complexity index is 645. The van der Waals surface area contributed by atoms with Crippen LogP contribution in [0.1, 0.15) is 5.56 Å². The van der Waals surface area contributed by atoms with Crippen LogP contribution in [0.2, 0.25) is 0 Å². The van der Waals surface area contributed by atoms with Crippen molar-refractivity contribution in [2.45, 2.75) is 0 Å². The van der Waals surface area contributed by atoms with Gasteiger partial charge in [-0.3, -0.25) is 5.43 Å². The molecule has 0 atom stereocenters. The summed E-state index contributed by atoms with van der Waals surface area (Å²) in [5.41, 5.74) is 4.31. The normalized spacial score (nSPS) is 10.3. The monoisotopic (exact) mass is 301 g/mol. The van der Waals surface area contributed by atoms with Crippen molar-refractivity contribution in [3.05, 3.63) is 54.1 Å². The number of hydrogen-bond donors (Lipinski definition) is 3. The maximum atomic E-state index is 9.65. The highest BCUT2D eigenvalue weighted by Crippen LogP contribution is 2.25. The zero-order valence-corrected chi connectivity index (χ0v) is 12.2. The first-order valence-corrected chi connectivity index (χ1v) is 6.62. The van der Waals surface area contributed by atoms with E-state index < -0.39 is 0 Å². The number of benzene rings is 2. The van der Waals surface area contributed by atoms with Crippen molar-refractivity contribution in [1.82, 2.24) is 5.43 Å². The summed E-state index contributed by atoms with van der Waals surface area (Å²) >= 11 is 5.11. The van der Waals surface area contributed by atoms with Crippen LogP contribution in [0, 0.1) is 0 Å². The van der Waals surface area contributed by atoms with Gasteiger partial charge in [-0.25, -0.2) is 0 Å². The molecule has 0 radical (unpaired) electrons. The topological polar surface area (TPSA) is 65.9 Å². The van der Waals surface area contributed by atoms with Crippen LogP contribution in [-0.2, 0) is 0 Å². The van der Waals surface area contributed by atoms with Gasteiger partial charge in [0.15, 0.2) is 16.6 Å². The van der Waals surface area contributed by atoms with Gasteiger partial charge in [-0.1, -0.05) is 18.2 Å². The average Bonchev–Trinajstić information content (AvgIpc) is 2.48. The molecule has 0 spiro atoms. The first kappa shape index (κ1) is 14.8. The number of hydrazone groups is 1. The second-order valence-corrected chi connectivity index (χ2v) is 4.53. The standard InChI is InChI=1S/C15H15N3O2S/c1-20-14-8-7-11(9-13(14)19)10-16-18-15(21)17-12-5-3-2-4-6-12/h2-10,19H,1H3,(H2,17,18,21)/b16-10+. The van der Waals surface area contributed by atoms with Crippen LogP contribution in [-0.4, -0.2) is 23.5 Å². The van der Waals surface area contributed by atoms with Gasteiger partial charge in [0.25, 0.3) is 0 Å². The number of phenolic OH excluding ortho intramolecular Hbond substituents is 1. The van der Waals surface area contributed by atoms with E-state index in [0.29, 0.717) is 10.9 Å². The van der Waals surface area contributed by atoms with Crippen LogP contribution in [0.15, 0.2) is 53.6 Å². The summed E-state index contributed by atoms with van der Waals surface area (Å²) in [4.78, 5) is 0. The van der Waals surface area contributed by atoms with Gasteiger partial charge in [0.1, 0.15) is 0 Å². The van der Waals surface area contributed by atoms with Crippen LogP contribution >= 0.6 is 12.2 Å². The van der Waals surface area contributed by atoms with E-state index in [9.17, 15) is 5.11 Å². The highest BCUT2D eigenvalue weighted by atomic mass is 32.1. The van der Waals surface area contributed by atoms with Crippen molar-refractivity contribution in [2.75, 3.05) is 12.4 Å². The Labute approximate surface area is 128 Å². The predicted octanol–water partition coefficient (Wildman–Crippen LogP) is 2.72. The van der Waals surface area contributed by atoms with Gasteiger partial charge < -0.3 is 15.2 Å². The summed E-state index contributed by atoms with van der Waals surface area (Å²) in [6, 6.07) is 14.5. The summed E-state index contributed by atoms with van der Waals surface area (Å²) in [5, 5.41) is 17.0. The van der Waals surface area contributed by atoms with Crippen LogP contribution in [0.3, 0.4) is 0 Å². The molecule has 6 heteroatoms. The van der Waals surface area contributed by atoms with Crippen molar-refractivity contribution in [3.63, 3.8) is 0 Å². The fourth-order valence-corrected chi connectivity index (χ4v) is 1.80. The third-order valence-electron chi connectivity index (χ3n) is 2.61. The van der Waals surface area contributed by atoms with E-state index in [4.69, 9.17) is 17.0 Å². The van der Waals surface area contributed by atoms with Crippen LogP contribution in [0.5, 0.6) is 11.5 Å². The molecule has 3 N–H and O–H groups in total. The Balaban J connectivity index is 1.90. The maximum Gasteiger partial charge on any atom is 0.191 e. The highest BCUT2D eigenvalue weighted by Gasteiger charge is 2.00. The van der Waals surface area contributed by atoms with E-state index in [2.05, 4.69) is 15.8 Å². The average molecular weight is 301 g/mol. The minimum absolute atomic E-state index is 0.0615. The second-order valence-electron chi connectivity index (χ2n) is 4.12. The fourth-order valence-electron chi connectivity index (χ4n) is 1.63. The zero-order chi connectivity index (χ0) is 15.1. The molecule has 0 unspecified atom stereocenters. The molecule has 0 saturated carbocycles. The molecule has 0 aliphatic heterocycles. The molecule has 2 aromatic rings. The van der Waals surface area contributed by atoms with Gasteiger partial charge >= 0.3 is 0 Å². The second kappa shape index (κ2) is 7.25. The number of anilines is 1. The first-order valence-electron chi connectivity index (χ1n) is 6.21. The van der Waals surface area contributed by atoms with Crippen LogP contribution in [0.4, 0.5) is 5.69 Å². The highest BCUT2D eigenvalue weighted by molar-refractivity contribution is 7.80. The minimum atomic E-state index is 0.0615. The lowest BCUT2D eigenvalue weighted by atomic mass is 10.2. The quantitative estimate of drug-likeness (QED) is 0.460. The largest absolute Gasteiger partial charge is 0.504 e. The van der Waals surface area contributed by atoms with Crippen molar-refractivity contribution < 1.29 is 9.84 Å². The van der Waals surface area contributed by atoms with E-state index in [0.717, 1.165) is 11.3 Å². The Morgan fingerprint density at radius 3 is 2.67 bits per heavy atom. The number of ether oxygens (including phenoxy) is 1. The Kier molecular flexibility index (Phi) is 5.11. The molecule has 108 valence electrons. The summed E-state index contributed by atoms with van der Waals surface area (Å²) in [6.45, 7) is 0. The Hall–Kier alpha value is -2.60. The van der Waals surface area contributed by atoms with E-state index in [1.165, 1.54) is 7.11 Å². The van der Waals surface area contributed by atoms with E-state index in [1.54, 1.807) is 24.4 Å². The molecule has 0 aliphatic carbocycles. The van der Waals surface area contributed by atoms with E-state index in [-0.39, 0.29) is 5.75 Å². The molecule has 0 aromatic heterocycles. The number of hydrogen-bond acceptors (Lipinski definition) is 4. The summed E-state index contributed by atoms with van der Waals surface area (Å²) in [5.74, 6) is 0.479. The Morgan fingerprint density at radius 2 is 2.00 bits per heavy atom. The molecule has 0 aliphatic rings. The molecule has 2 aromatic carbocycles. The molecule has 0 amide bonds. The van der Waals surface area contributed by atoms with Crippen molar-refractivity contribution in [2.24, 2.45) is 5.10 Å². The Morgan fingerprint density at radius 1 is 1.24 bits per heavy atom. The molecular weight excluding hydrogens is 286 g/mol. The number of phenols is 1. The molecule has 0 fully saturated rings. The first-order chi connectivity index (χ1) is 10.2. The van der Waals surface area contributed by atoms with Crippen LogP contribution in [0.25, 0.3) is 0 Å². The number of aromatic hydroxyl groups is 1. The zero-order valence-electron chi connectivity index (χ0n) is 11.4. The van der Waals surface area contributed by atoms with Crippen molar-refractivity contribution in [1.29, 1.82) is 0 Å². The lowest BCUT2D eigenvalue weighted by Gasteiger charge is -2.06. The van der Waals surface area contributed by atoms with Gasteiger partial charge in [0.05, 0.1) is 13.3 Å². The molecule has 5 nitrogen and oxygen atoms in total. The third kappa shape index (κ3) is 4.47. The number of rotatable bonds is 4. The number of nitrogens with zero attached hydrogens (tertiary/aromatic N) is 1. The van der Waals surface area contributed by atoms with Crippen LogP contribution < -0.4 is 15.5 Å². The van der Waals surface area contributed by atoms with E-state index >= 15 is 0 Å². The van der Waals surface area contributed by atoms with Gasteiger partial charge in [0, 0.05) is 5.69 Å². The molecule has 0 saturated heterocycles. The number of thiocarbonyl (C=S) groups is 1. The maximum absolute atomic E-state index is 9.65. The predicted molar refractivity (Wildman–Crippen MR) is 88.1 cm³/mol. The smallest absolute Gasteiger partial charge is 0.191 e. The summed E-state index contributed by atoms with van der Waals surface area (Å²) in [6.07, 6.45) is 1.55. The molecule has 21 heavy (non-hydrogen) atoms. The molecular formula is C15H15N3O2S. The van der Waals surface area contributed by atoms with Gasteiger partial charge in [-0.15, -0.1) is 0 Å². The molecule has 2 rings (SSSR count). The van der Waals surface area contributed by atoms with Gasteiger partial charge in [-0.05, 0) is 48.1 Å². The number of methoxy groups -OCH3 is 1. The van der Waals surface area contributed by atoms with Crippen molar-refractivity contribution >= 4 is 29.2 Å². The number of para-hydroxylation sites is 1. The SMILES string of the molecule is COc1ccc(/C=N/NC(=S)Nc2ccccc2)cc1O. The minimum Gasteiger partial charge on any atom is -0.504 e. The van der Waals surface area contributed by atoms with Crippen molar-refractivity contribution in [3.8, 4) is 11.5 Å². The summed E-state index contributed by atoms with van der Waals surface area (Å²) in [7, 11) is 1.50. The third-order valence-corrected chi connectivity index (χ3v) is 2.81. The molecule has 0 heterocycles. The number of nitrogens with one attached hydrogen (secondary N) is 2. The summed E-state index contributed by atoms with van der Waals surface area (Å²) < 4.78 is 4.97. The van der Waals surface area contributed by atoms with Gasteiger partial charge in [-0.2, -0.15) is 5.10 Å². The fraction of sp³-hybridized carbons (Fsp3) is 0.0667. The molecule has 0 bridgehead atoms. The lowest BCUT2D eigenvalue weighted by Crippen LogP contribution is -2.23. The van der Waals surface area contributed by atoms with Gasteiger partial charge in [0.2, 0.25) is 0 Å².